The summed E-state index contributed by atoms with van der Waals surface area (Å²) in [6.07, 6.45) is 3.36. The zero-order valence-electron chi connectivity index (χ0n) is 16.7. The van der Waals surface area contributed by atoms with E-state index < -0.39 is 0 Å². The molecule has 0 saturated carbocycles. The average Bonchev–Trinajstić information content (AvgIpc) is 3.16. The van der Waals surface area contributed by atoms with Crippen LogP contribution in [0.25, 0.3) is 10.9 Å². The van der Waals surface area contributed by atoms with Gasteiger partial charge >= 0.3 is 0 Å². The second-order valence-electron chi connectivity index (χ2n) is 6.81. The van der Waals surface area contributed by atoms with Crippen molar-refractivity contribution in [1.29, 1.82) is 0 Å². The van der Waals surface area contributed by atoms with Crippen molar-refractivity contribution in [2.75, 3.05) is 27.4 Å². The number of hydrogen-bond acceptors (Lipinski definition) is 3. The highest BCUT2D eigenvalue weighted by Gasteiger charge is 2.22. The zero-order valence-corrected chi connectivity index (χ0v) is 16.7. The molecule has 1 atom stereocenters. The van der Waals surface area contributed by atoms with E-state index in [1.165, 1.54) is 5.56 Å². The third-order valence-electron chi connectivity index (χ3n) is 5.10. The predicted octanol–water partition coefficient (Wildman–Crippen LogP) is 4.02. The third-order valence-corrected chi connectivity index (χ3v) is 5.10. The lowest BCUT2D eigenvalue weighted by Crippen LogP contribution is -2.28. The van der Waals surface area contributed by atoms with Crippen LogP contribution in [-0.2, 0) is 16.0 Å². The Morgan fingerprint density at radius 3 is 2.75 bits per heavy atom. The molecule has 148 valence electrons. The molecule has 5 nitrogen and oxygen atoms in total. The number of para-hydroxylation sites is 1. The van der Waals surface area contributed by atoms with Gasteiger partial charge in [-0.1, -0.05) is 37.3 Å². The first-order valence-corrected chi connectivity index (χ1v) is 9.66. The van der Waals surface area contributed by atoms with Gasteiger partial charge in [-0.15, -0.1) is 0 Å². The summed E-state index contributed by atoms with van der Waals surface area (Å²) in [6.45, 7) is 3.16. The third kappa shape index (κ3) is 4.37. The molecule has 0 aliphatic heterocycles. The SMILES string of the molecule is CCc1cccc2c([C@H](CC(=O)NCCOC)c3cccc(OC)c3)c[nH]c12. The topological polar surface area (TPSA) is 63.4 Å². The number of hydrogen-bond donors (Lipinski definition) is 2. The Hall–Kier alpha value is -2.79. The minimum atomic E-state index is -0.0708. The van der Waals surface area contributed by atoms with Crippen molar-refractivity contribution in [3.63, 3.8) is 0 Å². The monoisotopic (exact) mass is 380 g/mol. The Morgan fingerprint density at radius 2 is 2.00 bits per heavy atom. The van der Waals surface area contributed by atoms with Gasteiger partial charge in [0.2, 0.25) is 5.91 Å². The van der Waals surface area contributed by atoms with Crippen molar-refractivity contribution >= 4 is 16.8 Å². The van der Waals surface area contributed by atoms with E-state index in [2.05, 4.69) is 41.5 Å². The van der Waals surface area contributed by atoms with E-state index >= 15 is 0 Å². The van der Waals surface area contributed by atoms with Gasteiger partial charge in [0, 0.05) is 43.1 Å². The lowest BCUT2D eigenvalue weighted by molar-refractivity contribution is -0.121. The van der Waals surface area contributed by atoms with Crippen molar-refractivity contribution in [2.45, 2.75) is 25.7 Å². The van der Waals surface area contributed by atoms with Crippen LogP contribution in [0.2, 0.25) is 0 Å². The number of H-pyrrole nitrogens is 1. The highest BCUT2D eigenvalue weighted by Crippen LogP contribution is 2.35. The van der Waals surface area contributed by atoms with Gasteiger partial charge in [0.05, 0.1) is 13.7 Å². The van der Waals surface area contributed by atoms with E-state index in [9.17, 15) is 4.79 Å². The maximum atomic E-state index is 12.6. The minimum absolute atomic E-state index is 0.00543. The molecular weight excluding hydrogens is 352 g/mol. The number of carbonyl (C=O) groups excluding carboxylic acids is 1. The number of aromatic amines is 1. The van der Waals surface area contributed by atoms with E-state index in [1.54, 1.807) is 14.2 Å². The van der Waals surface area contributed by atoms with Crippen LogP contribution >= 0.6 is 0 Å². The minimum Gasteiger partial charge on any atom is -0.497 e. The summed E-state index contributed by atoms with van der Waals surface area (Å²) in [5.74, 6) is 0.723. The Balaban J connectivity index is 2.00. The summed E-state index contributed by atoms with van der Waals surface area (Å²) < 4.78 is 10.4. The number of benzene rings is 2. The molecule has 0 saturated heterocycles. The van der Waals surface area contributed by atoms with Crippen LogP contribution < -0.4 is 10.1 Å². The summed E-state index contributed by atoms with van der Waals surface area (Å²) in [5, 5.41) is 4.10. The van der Waals surface area contributed by atoms with Crippen LogP contribution in [0.5, 0.6) is 5.75 Å². The van der Waals surface area contributed by atoms with Gasteiger partial charge in [-0.2, -0.15) is 0 Å². The molecule has 5 heteroatoms. The number of methoxy groups -OCH3 is 2. The molecule has 3 aromatic rings. The fourth-order valence-electron chi connectivity index (χ4n) is 3.64. The van der Waals surface area contributed by atoms with Gasteiger partial charge in [0.1, 0.15) is 5.75 Å². The van der Waals surface area contributed by atoms with Gasteiger partial charge in [0.15, 0.2) is 0 Å². The number of amides is 1. The summed E-state index contributed by atoms with van der Waals surface area (Å²) >= 11 is 0. The molecule has 0 fully saturated rings. The Morgan fingerprint density at radius 1 is 1.18 bits per heavy atom. The highest BCUT2D eigenvalue weighted by atomic mass is 16.5. The second-order valence-corrected chi connectivity index (χ2v) is 6.81. The van der Waals surface area contributed by atoms with Crippen molar-refractivity contribution in [3.05, 3.63) is 65.4 Å². The molecule has 2 aromatic carbocycles. The Kier molecular flexibility index (Phi) is 6.71. The lowest BCUT2D eigenvalue weighted by Gasteiger charge is -2.18. The van der Waals surface area contributed by atoms with E-state index in [-0.39, 0.29) is 11.8 Å². The molecule has 3 rings (SSSR count). The van der Waals surface area contributed by atoms with Crippen LogP contribution in [0.15, 0.2) is 48.7 Å². The normalized spacial score (nSPS) is 12.1. The summed E-state index contributed by atoms with van der Waals surface area (Å²) in [7, 11) is 3.28. The van der Waals surface area contributed by atoms with Gasteiger partial charge in [-0.05, 0) is 35.2 Å². The highest BCUT2D eigenvalue weighted by molar-refractivity contribution is 5.88. The Labute approximate surface area is 166 Å². The van der Waals surface area contributed by atoms with Crippen molar-refractivity contribution in [1.82, 2.24) is 10.3 Å². The number of rotatable bonds is 9. The number of fused-ring (bicyclic) bond motifs is 1. The number of carbonyl (C=O) groups is 1. The molecule has 0 unspecified atom stereocenters. The second kappa shape index (κ2) is 9.42. The van der Waals surface area contributed by atoms with Gasteiger partial charge in [-0.25, -0.2) is 0 Å². The summed E-state index contributed by atoms with van der Waals surface area (Å²) in [4.78, 5) is 16.0. The van der Waals surface area contributed by atoms with E-state index in [0.29, 0.717) is 19.6 Å². The zero-order chi connectivity index (χ0) is 19.9. The van der Waals surface area contributed by atoms with E-state index in [0.717, 1.165) is 34.2 Å². The maximum absolute atomic E-state index is 12.6. The molecule has 0 bridgehead atoms. The molecule has 1 amide bonds. The maximum Gasteiger partial charge on any atom is 0.221 e. The molecule has 0 aliphatic rings. The first kappa shape index (κ1) is 20.0. The largest absolute Gasteiger partial charge is 0.497 e. The molecule has 0 radical (unpaired) electrons. The lowest BCUT2D eigenvalue weighted by atomic mass is 9.87. The molecule has 1 aromatic heterocycles. The number of aromatic nitrogens is 1. The van der Waals surface area contributed by atoms with Crippen molar-refractivity contribution in [3.8, 4) is 5.75 Å². The molecule has 2 N–H and O–H groups in total. The summed E-state index contributed by atoms with van der Waals surface area (Å²) in [6, 6.07) is 14.3. The van der Waals surface area contributed by atoms with E-state index in [4.69, 9.17) is 9.47 Å². The van der Waals surface area contributed by atoms with Crippen LogP contribution in [0, 0.1) is 0 Å². The van der Waals surface area contributed by atoms with Crippen LogP contribution in [0.3, 0.4) is 0 Å². The Bertz CT molecular complexity index is 932. The molecular formula is C23H28N2O3. The molecule has 0 spiro atoms. The standard InChI is InChI=1S/C23H28N2O3/c1-4-16-7-6-10-19-21(15-25-23(16)19)20(14-22(26)24-11-12-27-2)17-8-5-9-18(13-17)28-3/h5-10,13,15,20,25H,4,11-12,14H2,1-3H3,(H,24,26)/t20-/m1/s1. The fraction of sp³-hybridized carbons (Fsp3) is 0.348. The average molecular weight is 380 g/mol. The number of ether oxygens (including phenoxy) is 2. The van der Waals surface area contributed by atoms with Crippen LogP contribution in [-0.4, -0.2) is 38.3 Å². The molecule has 0 aliphatic carbocycles. The van der Waals surface area contributed by atoms with Crippen LogP contribution in [0.4, 0.5) is 0 Å². The fourth-order valence-corrected chi connectivity index (χ4v) is 3.64. The summed E-state index contributed by atoms with van der Waals surface area (Å²) in [5.41, 5.74) is 4.61. The first-order valence-electron chi connectivity index (χ1n) is 9.66. The molecule has 1 heterocycles. The smallest absolute Gasteiger partial charge is 0.221 e. The van der Waals surface area contributed by atoms with Gasteiger partial charge in [0.25, 0.3) is 0 Å². The van der Waals surface area contributed by atoms with Gasteiger partial charge in [-0.3, -0.25) is 4.79 Å². The molecule has 28 heavy (non-hydrogen) atoms. The number of aryl methyl sites for hydroxylation is 1. The van der Waals surface area contributed by atoms with Crippen LogP contribution in [0.1, 0.15) is 36.0 Å². The quantitative estimate of drug-likeness (QED) is 0.551. The predicted molar refractivity (Wildman–Crippen MR) is 112 cm³/mol. The van der Waals surface area contributed by atoms with Crippen molar-refractivity contribution < 1.29 is 14.3 Å². The van der Waals surface area contributed by atoms with Crippen molar-refractivity contribution in [2.24, 2.45) is 0 Å². The van der Waals surface area contributed by atoms with Gasteiger partial charge < -0.3 is 19.8 Å². The van der Waals surface area contributed by atoms with E-state index in [1.807, 2.05) is 24.4 Å². The first-order chi connectivity index (χ1) is 13.7. The number of nitrogens with one attached hydrogen (secondary N) is 2.